The second-order valence-corrected chi connectivity index (χ2v) is 11.7. The molecule has 3 amide bonds. The molecule has 0 radical (unpaired) electrons. The lowest BCUT2D eigenvalue weighted by Gasteiger charge is -2.59. The summed E-state index contributed by atoms with van der Waals surface area (Å²) in [4.78, 5) is 42.8. The van der Waals surface area contributed by atoms with Crippen LogP contribution in [0.3, 0.4) is 0 Å². The molecular weight excluding hydrogens is 549 g/mol. The molecule has 0 bridgehead atoms. The van der Waals surface area contributed by atoms with Gasteiger partial charge in [0.15, 0.2) is 5.60 Å². The van der Waals surface area contributed by atoms with Crippen molar-refractivity contribution < 1.29 is 28.2 Å². The van der Waals surface area contributed by atoms with E-state index in [-0.39, 0.29) is 36.4 Å². The standard InChI is InChI=1S/C34H38FN3O5/c1-5-42-31(40)33(3,4)43-28-17-15-27(16-18-28)38-29(25-11-13-26(35)14-12-25)34(30(38)39)19-21-37(22-20-34)32(41)36-23(2)24-9-7-6-8-10-24/h6-18,23,29H,5,19-22H2,1-4H3,(H,36,41). The topological polar surface area (TPSA) is 88.2 Å². The quantitative estimate of drug-likeness (QED) is 0.251. The number of ether oxygens (including phenoxy) is 2. The molecule has 2 heterocycles. The van der Waals surface area contributed by atoms with E-state index in [9.17, 15) is 18.8 Å². The van der Waals surface area contributed by atoms with Crippen molar-refractivity contribution in [3.63, 3.8) is 0 Å². The molecule has 2 fully saturated rings. The Morgan fingerprint density at radius 1 is 1.00 bits per heavy atom. The Bertz CT molecular complexity index is 1450. The predicted octanol–water partition coefficient (Wildman–Crippen LogP) is 6.19. The number of β-lactam (4-membered cyclic amide) rings is 1. The Morgan fingerprint density at radius 2 is 1.63 bits per heavy atom. The Labute approximate surface area is 251 Å². The highest BCUT2D eigenvalue weighted by Gasteiger charge is 2.62. The van der Waals surface area contributed by atoms with Crippen LogP contribution in [-0.2, 0) is 14.3 Å². The van der Waals surface area contributed by atoms with Crippen molar-refractivity contribution in [2.75, 3.05) is 24.6 Å². The fraction of sp³-hybridized carbons (Fsp3) is 0.382. The van der Waals surface area contributed by atoms with E-state index in [0.717, 1.165) is 11.1 Å². The molecule has 2 aliphatic rings. The van der Waals surface area contributed by atoms with Gasteiger partial charge in [0.05, 0.1) is 24.1 Å². The number of piperidine rings is 1. The van der Waals surface area contributed by atoms with Crippen molar-refractivity contribution in [1.29, 1.82) is 0 Å². The summed E-state index contributed by atoms with van der Waals surface area (Å²) in [6.45, 7) is 8.08. The summed E-state index contributed by atoms with van der Waals surface area (Å²) < 4.78 is 24.9. The van der Waals surface area contributed by atoms with Gasteiger partial charge in [-0.3, -0.25) is 4.79 Å². The minimum Gasteiger partial charge on any atom is -0.476 e. The average Bonchev–Trinajstić information content (AvgIpc) is 3.01. The normalized spacial score (nSPS) is 18.5. The summed E-state index contributed by atoms with van der Waals surface area (Å²) in [6, 6.07) is 22.4. The van der Waals surface area contributed by atoms with Crippen LogP contribution in [0.5, 0.6) is 5.75 Å². The number of urea groups is 1. The Hall–Kier alpha value is -4.40. The summed E-state index contributed by atoms with van der Waals surface area (Å²) in [5.41, 5.74) is 0.639. The zero-order chi connectivity index (χ0) is 30.8. The zero-order valence-corrected chi connectivity index (χ0v) is 25.0. The zero-order valence-electron chi connectivity index (χ0n) is 25.0. The molecule has 0 aliphatic carbocycles. The third-order valence-electron chi connectivity index (χ3n) is 8.45. The number of halogens is 1. The first-order valence-electron chi connectivity index (χ1n) is 14.7. The van der Waals surface area contributed by atoms with Crippen LogP contribution in [0.15, 0.2) is 78.9 Å². The van der Waals surface area contributed by atoms with Gasteiger partial charge in [0.1, 0.15) is 11.6 Å². The SMILES string of the molecule is CCOC(=O)C(C)(C)Oc1ccc(N2C(=O)C3(CCN(C(=O)NC(C)c4ccccc4)CC3)C2c2ccc(F)cc2)cc1. The fourth-order valence-corrected chi connectivity index (χ4v) is 6.05. The van der Waals surface area contributed by atoms with Gasteiger partial charge in [-0.15, -0.1) is 0 Å². The molecule has 2 atom stereocenters. The number of nitrogens with zero attached hydrogens (tertiary/aromatic N) is 2. The Kier molecular flexibility index (Phi) is 8.44. The summed E-state index contributed by atoms with van der Waals surface area (Å²) >= 11 is 0. The number of anilines is 1. The molecule has 43 heavy (non-hydrogen) atoms. The smallest absolute Gasteiger partial charge is 0.349 e. The number of nitrogens with one attached hydrogen (secondary N) is 1. The fourth-order valence-electron chi connectivity index (χ4n) is 6.05. The second kappa shape index (κ2) is 12.1. The summed E-state index contributed by atoms with van der Waals surface area (Å²) in [5.74, 6) is -0.378. The highest BCUT2D eigenvalue weighted by Crippen LogP contribution is 2.57. The lowest BCUT2D eigenvalue weighted by Crippen LogP contribution is -2.67. The largest absolute Gasteiger partial charge is 0.476 e. The van der Waals surface area contributed by atoms with Gasteiger partial charge in [0.25, 0.3) is 0 Å². The number of hydrogen-bond acceptors (Lipinski definition) is 5. The van der Waals surface area contributed by atoms with Crippen LogP contribution < -0.4 is 15.0 Å². The van der Waals surface area contributed by atoms with Crippen LogP contribution in [0.4, 0.5) is 14.9 Å². The molecule has 9 heteroatoms. The van der Waals surface area contributed by atoms with Gasteiger partial charge >= 0.3 is 12.0 Å². The average molecular weight is 588 g/mol. The number of esters is 1. The van der Waals surface area contributed by atoms with Crippen molar-refractivity contribution >= 4 is 23.6 Å². The van der Waals surface area contributed by atoms with Crippen molar-refractivity contribution in [3.05, 3.63) is 95.8 Å². The second-order valence-electron chi connectivity index (χ2n) is 11.7. The van der Waals surface area contributed by atoms with E-state index in [0.29, 0.717) is 37.4 Å². The number of hydrogen-bond donors (Lipinski definition) is 1. The van der Waals surface area contributed by atoms with Crippen LogP contribution in [-0.4, -0.2) is 48.1 Å². The van der Waals surface area contributed by atoms with Gasteiger partial charge in [-0.25, -0.2) is 14.0 Å². The summed E-state index contributed by atoms with van der Waals surface area (Å²) in [5, 5.41) is 3.07. The molecule has 1 spiro atoms. The monoisotopic (exact) mass is 587 g/mol. The molecule has 2 saturated heterocycles. The van der Waals surface area contributed by atoms with Crippen LogP contribution in [0.1, 0.15) is 63.7 Å². The lowest BCUT2D eigenvalue weighted by atomic mass is 9.62. The van der Waals surface area contributed by atoms with Gasteiger partial charge < -0.3 is 24.6 Å². The molecule has 1 N–H and O–H groups in total. The first kappa shape index (κ1) is 30.1. The minimum absolute atomic E-state index is 0.0277. The minimum atomic E-state index is -1.18. The molecule has 2 aliphatic heterocycles. The highest BCUT2D eigenvalue weighted by molar-refractivity contribution is 6.06. The van der Waals surface area contributed by atoms with E-state index in [2.05, 4.69) is 5.32 Å². The van der Waals surface area contributed by atoms with Gasteiger partial charge in [-0.2, -0.15) is 0 Å². The van der Waals surface area contributed by atoms with Crippen LogP contribution in [0, 0.1) is 11.2 Å². The third-order valence-corrected chi connectivity index (χ3v) is 8.45. The molecule has 3 aromatic rings. The first-order chi connectivity index (χ1) is 20.6. The molecular formula is C34H38FN3O5. The third kappa shape index (κ3) is 5.94. The number of benzene rings is 3. The maximum atomic E-state index is 13.9. The van der Waals surface area contributed by atoms with Crippen LogP contribution in [0.25, 0.3) is 0 Å². The van der Waals surface area contributed by atoms with Crippen LogP contribution in [0.2, 0.25) is 0 Å². The van der Waals surface area contributed by atoms with E-state index in [4.69, 9.17) is 9.47 Å². The first-order valence-corrected chi connectivity index (χ1v) is 14.7. The van der Waals surface area contributed by atoms with E-state index in [1.54, 1.807) is 67.0 Å². The van der Waals surface area contributed by atoms with E-state index in [1.807, 2.05) is 37.3 Å². The van der Waals surface area contributed by atoms with Crippen LogP contribution >= 0.6 is 0 Å². The molecule has 3 aromatic carbocycles. The molecule has 5 rings (SSSR count). The number of likely N-dealkylation sites (tertiary alicyclic amines) is 1. The molecule has 226 valence electrons. The number of carbonyl (C=O) groups is 3. The van der Waals surface area contributed by atoms with Gasteiger partial charge in [-0.1, -0.05) is 42.5 Å². The van der Waals surface area contributed by atoms with Gasteiger partial charge in [-0.05, 0) is 88.1 Å². The van der Waals surface area contributed by atoms with Gasteiger partial charge in [0, 0.05) is 18.8 Å². The predicted molar refractivity (Wildman–Crippen MR) is 161 cm³/mol. The summed E-state index contributed by atoms with van der Waals surface area (Å²) in [7, 11) is 0. The van der Waals surface area contributed by atoms with Crippen molar-refractivity contribution in [1.82, 2.24) is 10.2 Å². The Balaban J connectivity index is 1.32. The number of carbonyl (C=O) groups excluding carboxylic acids is 3. The maximum absolute atomic E-state index is 13.9. The van der Waals surface area contributed by atoms with E-state index < -0.39 is 17.0 Å². The van der Waals surface area contributed by atoms with Gasteiger partial charge in [0.2, 0.25) is 5.91 Å². The molecule has 0 aromatic heterocycles. The van der Waals surface area contributed by atoms with Crippen molar-refractivity contribution in [3.8, 4) is 5.75 Å². The maximum Gasteiger partial charge on any atom is 0.349 e. The molecule has 2 unspecified atom stereocenters. The molecule has 0 saturated carbocycles. The lowest BCUT2D eigenvalue weighted by molar-refractivity contribution is -0.158. The summed E-state index contributed by atoms with van der Waals surface area (Å²) in [6.07, 6.45) is 0.985. The van der Waals surface area contributed by atoms with Crippen molar-refractivity contribution in [2.45, 2.75) is 58.2 Å². The van der Waals surface area contributed by atoms with E-state index in [1.165, 1.54) is 12.1 Å². The number of amides is 3. The van der Waals surface area contributed by atoms with E-state index >= 15 is 0 Å². The highest BCUT2D eigenvalue weighted by atomic mass is 19.1. The Morgan fingerprint density at radius 3 is 2.23 bits per heavy atom. The van der Waals surface area contributed by atoms with Crippen molar-refractivity contribution in [2.24, 2.45) is 5.41 Å². The molecule has 8 nitrogen and oxygen atoms in total. The number of rotatable bonds is 8.